The molecule has 3 N–H and O–H groups in total. The molecule has 2 saturated heterocycles. The Morgan fingerprint density at radius 1 is 0.585 bits per heavy atom. The molecule has 8 heterocycles. The van der Waals surface area contributed by atoms with Gasteiger partial charge in [0, 0.05) is 90.8 Å². The average Bonchev–Trinajstić information content (AvgIpc) is 1.61. The van der Waals surface area contributed by atoms with E-state index >= 15 is 0 Å². The molecule has 6 aromatic heterocycles. The number of aryl methyl sites for hydroxylation is 2. The zero-order valence-electron chi connectivity index (χ0n) is 51.9. The zero-order chi connectivity index (χ0) is 67.3. The van der Waals surface area contributed by atoms with Crippen molar-refractivity contribution >= 4 is 84.8 Å². The lowest BCUT2D eigenvalue weighted by Crippen LogP contribution is -2.50. The molecule has 2 amide bonds. The van der Waals surface area contributed by atoms with Gasteiger partial charge >= 0.3 is 35.3 Å². The van der Waals surface area contributed by atoms with Crippen LogP contribution in [0.4, 0.5) is 27.2 Å². The van der Waals surface area contributed by atoms with Gasteiger partial charge in [0.25, 0.3) is 11.6 Å². The number of pyridine rings is 2. The Balaban J connectivity index is 0.000000187. The van der Waals surface area contributed by atoms with Crippen LogP contribution in [0.25, 0.3) is 65.6 Å². The van der Waals surface area contributed by atoms with Crippen LogP contribution in [0.5, 0.6) is 0 Å². The van der Waals surface area contributed by atoms with Crippen molar-refractivity contribution in [1.29, 1.82) is 0 Å². The minimum Gasteiger partial charge on any atom is -0.445 e. The SMILES string of the molecule is C[C@@H]1CC[C@@H](N)CN1C(=O)OCc1ccccc1.O=S=O.O=S=O.[C-]#[N+]c1ccc2c(-c3nc(N[C@@H]4CC[C@@H](C)N(C(=O)OCc5ccccc5)C4)ncc3C)cn(-c3ccccc3)c2n1.[C-]#[N+]c1ccc2c(-c3nc(S(C)(=O)=O)ncc3C)cn(-c3ccccc3)c2n1. The average molecular weight is 1320 g/mol. The molecular formula is C67H66N14O10S3. The third-order valence-corrected chi connectivity index (χ3v) is 16.2. The summed E-state index contributed by atoms with van der Waals surface area (Å²) in [5.41, 5.74) is 15.6. The van der Waals surface area contributed by atoms with Crippen molar-refractivity contribution in [1.82, 2.24) is 48.8 Å². The minimum atomic E-state index is -3.54. The maximum absolute atomic E-state index is 13.0. The highest BCUT2D eigenvalue weighted by Gasteiger charge is 2.32. The molecule has 10 aromatic rings. The van der Waals surface area contributed by atoms with Crippen molar-refractivity contribution in [2.45, 2.75) is 95.9 Å². The molecule has 0 spiro atoms. The van der Waals surface area contributed by atoms with E-state index in [1.165, 1.54) is 6.20 Å². The number of piperidine rings is 2. The lowest BCUT2D eigenvalue weighted by molar-refractivity contribution is 0.0678. The Kier molecular flexibility index (Phi) is 24.3. The summed E-state index contributed by atoms with van der Waals surface area (Å²) in [5, 5.41) is 4.92. The van der Waals surface area contributed by atoms with Crippen LogP contribution in [0.1, 0.15) is 61.8 Å². The first-order valence-electron chi connectivity index (χ1n) is 29.5. The van der Waals surface area contributed by atoms with E-state index in [2.05, 4.69) is 46.9 Å². The highest BCUT2D eigenvalue weighted by molar-refractivity contribution is 7.90. The number of fused-ring (bicyclic) bond motifs is 2. The fraction of sp³-hybridized carbons (Fsp3) is 0.254. The third-order valence-electron chi connectivity index (χ3n) is 15.3. The second-order valence-electron chi connectivity index (χ2n) is 22.0. The van der Waals surface area contributed by atoms with Crippen LogP contribution in [0.15, 0.2) is 176 Å². The highest BCUT2D eigenvalue weighted by atomic mass is 32.2. The number of likely N-dealkylation sites (tertiary alicyclic amines) is 2. The number of carbonyl (C=O) groups is 2. The van der Waals surface area contributed by atoms with E-state index in [0.29, 0.717) is 48.5 Å². The lowest BCUT2D eigenvalue weighted by atomic mass is 10.00. The van der Waals surface area contributed by atoms with Gasteiger partial charge in [0.1, 0.15) is 13.2 Å². The number of carbonyl (C=O) groups excluding carboxylic acids is 2. The molecule has 0 saturated carbocycles. The van der Waals surface area contributed by atoms with Gasteiger partial charge in [-0.2, -0.15) is 16.8 Å². The summed E-state index contributed by atoms with van der Waals surface area (Å²) < 4.78 is 71.8. The lowest BCUT2D eigenvalue weighted by Gasteiger charge is -2.37. The summed E-state index contributed by atoms with van der Waals surface area (Å²) in [6.45, 7) is 24.3. The smallest absolute Gasteiger partial charge is 0.410 e. The van der Waals surface area contributed by atoms with Crippen molar-refractivity contribution < 1.29 is 44.3 Å². The number of aromatic nitrogens is 8. The number of hydrogen-bond donors (Lipinski definition) is 2. The second kappa shape index (κ2) is 33.0. The van der Waals surface area contributed by atoms with Crippen LogP contribution >= 0.6 is 0 Å². The van der Waals surface area contributed by atoms with Crippen LogP contribution in [-0.4, -0.2) is 130 Å². The van der Waals surface area contributed by atoms with E-state index in [0.717, 1.165) is 93.2 Å². The quantitative estimate of drug-likeness (QED) is 0.0898. The molecule has 2 fully saturated rings. The number of hydrogen-bond acceptors (Lipinski definition) is 18. The molecule has 4 atom stereocenters. The topological polar surface area (TPSA) is 295 Å². The summed E-state index contributed by atoms with van der Waals surface area (Å²) in [7, 11) is -3.54. The Morgan fingerprint density at radius 2 is 1.00 bits per heavy atom. The first-order chi connectivity index (χ1) is 45.4. The molecule has 2 aliphatic heterocycles. The summed E-state index contributed by atoms with van der Waals surface area (Å²) in [6, 6.07) is 46.4. The van der Waals surface area contributed by atoms with Crippen molar-refractivity contribution in [3.63, 3.8) is 0 Å². The minimum absolute atomic E-state index is 0.0189. The van der Waals surface area contributed by atoms with Crippen molar-refractivity contribution in [3.8, 4) is 33.9 Å². The largest absolute Gasteiger partial charge is 0.445 e. The van der Waals surface area contributed by atoms with Crippen molar-refractivity contribution in [3.05, 3.63) is 215 Å². The number of anilines is 1. The number of para-hydroxylation sites is 2. The second-order valence-corrected chi connectivity index (χ2v) is 24.1. The van der Waals surface area contributed by atoms with E-state index in [1.54, 1.807) is 21.9 Å². The number of nitrogens with zero attached hydrogens (tertiary/aromatic N) is 12. The Bertz CT molecular complexity index is 4530. The third kappa shape index (κ3) is 17.9. The predicted octanol–water partition coefficient (Wildman–Crippen LogP) is 11.5. The number of nitrogens with two attached hydrogens (primary N) is 1. The van der Waals surface area contributed by atoms with Gasteiger partial charge in [0.05, 0.1) is 22.2 Å². The van der Waals surface area contributed by atoms with Gasteiger partial charge in [-0.25, -0.2) is 37.9 Å². The molecule has 94 heavy (non-hydrogen) atoms. The maximum atomic E-state index is 13.0. The number of sulfone groups is 1. The summed E-state index contributed by atoms with van der Waals surface area (Å²) >= 11 is -1.50. The van der Waals surface area contributed by atoms with Gasteiger partial charge in [0.15, 0.2) is 0 Å². The Hall–Kier alpha value is -10.7. The Labute approximate surface area is 550 Å². The van der Waals surface area contributed by atoms with E-state index in [-0.39, 0.29) is 53.9 Å². The van der Waals surface area contributed by atoms with Crippen LogP contribution < -0.4 is 11.1 Å². The van der Waals surface area contributed by atoms with Gasteiger partial charge < -0.3 is 40.0 Å². The molecule has 0 aliphatic carbocycles. The Morgan fingerprint density at radius 3 is 1.45 bits per heavy atom. The van der Waals surface area contributed by atoms with E-state index in [1.807, 2.05) is 182 Å². The van der Waals surface area contributed by atoms with Crippen molar-refractivity contribution in [2.75, 3.05) is 24.7 Å². The molecule has 0 unspecified atom stereocenters. The molecule has 0 bridgehead atoms. The molecule has 24 nitrogen and oxygen atoms in total. The van der Waals surface area contributed by atoms with Crippen LogP contribution in [0.2, 0.25) is 0 Å². The van der Waals surface area contributed by atoms with E-state index in [4.69, 9.17) is 50.2 Å². The number of ether oxygens (including phenoxy) is 2. The van der Waals surface area contributed by atoms with Gasteiger partial charge in [-0.15, -0.1) is 9.97 Å². The van der Waals surface area contributed by atoms with Gasteiger partial charge in [-0.1, -0.05) is 122 Å². The maximum Gasteiger partial charge on any atom is 0.410 e. The molecule has 482 valence electrons. The zero-order valence-corrected chi connectivity index (χ0v) is 54.3. The normalized spacial score (nSPS) is 15.7. The predicted molar refractivity (Wildman–Crippen MR) is 357 cm³/mol. The monoisotopic (exact) mass is 1320 g/mol. The number of rotatable bonds is 11. The molecular weight excluding hydrogens is 1260 g/mol. The standard InChI is InChI=1S/C33H31N7O2.C20H15N5O2S.C14H20N2O2.2O2S/c1-22-18-35-32(36-25-15-14-23(2)39(19-25)33(41)42-21-24-10-6-4-7-11-24)38-30(22)28-20-40(26-12-8-5-9-13-26)31-27(28)16-17-29(34-3)37-31;1-13-11-22-20(28(3,26)27)24-18(13)16-12-25(14-7-5-4-6-8-14)19-15(16)9-10-17(21-2)23-19;1-11-7-8-13(15)9-16(11)14(17)18-10-12-5-3-2-4-6-12;2*1-3-2/h4-13,16-18,20,23,25H,14-15,19,21H2,1-2H3,(H,35,36,38);4-12H,1,3H3;2-6,11,13H,7-10,15H2,1H3;;/t23-,25-;;11-,13-;;/m1.1../s1. The fourth-order valence-electron chi connectivity index (χ4n) is 10.6. The fourth-order valence-corrected chi connectivity index (χ4v) is 11.1. The first kappa shape index (κ1) is 69.2. The number of benzene rings is 4. The summed E-state index contributed by atoms with van der Waals surface area (Å²) in [5.74, 6) is 1.12. The van der Waals surface area contributed by atoms with Crippen LogP contribution in [0.3, 0.4) is 0 Å². The first-order valence-corrected chi connectivity index (χ1v) is 32.7. The summed E-state index contributed by atoms with van der Waals surface area (Å²) in [4.78, 5) is 62.3. The van der Waals surface area contributed by atoms with Gasteiger partial charge in [-0.3, -0.25) is 9.13 Å². The molecule has 4 aromatic carbocycles. The van der Waals surface area contributed by atoms with E-state index < -0.39 is 33.0 Å². The van der Waals surface area contributed by atoms with Gasteiger partial charge in [-0.05, 0) is 112 Å². The molecule has 27 heteroatoms. The van der Waals surface area contributed by atoms with Gasteiger partial charge in [0.2, 0.25) is 32.2 Å². The highest BCUT2D eigenvalue weighted by Crippen LogP contribution is 2.36. The summed E-state index contributed by atoms with van der Waals surface area (Å²) in [6.07, 6.45) is 11.4. The molecule has 12 rings (SSSR count). The van der Waals surface area contributed by atoms with E-state index in [9.17, 15) is 18.0 Å². The van der Waals surface area contributed by atoms with Crippen LogP contribution in [-0.2, 0) is 55.7 Å². The molecule has 2 aliphatic rings. The van der Waals surface area contributed by atoms with Crippen molar-refractivity contribution in [2.24, 2.45) is 5.73 Å². The molecule has 0 radical (unpaired) electrons. The number of nitrogens with one attached hydrogen (secondary N) is 1. The van der Waals surface area contributed by atoms with Crippen LogP contribution in [0, 0.1) is 27.0 Å². The number of amides is 2.